The summed E-state index contributed by atoms with van der Waals surface area (Å²) in [6, 6.07) is 5.00. The van der Waals surface area contributed by atoms with Crippen LogP contribution in [-0.4, -0.2) is 61.6 Å². The third kappa shape index (κ3) is 4.77. The quantitative estimate of drug-likeness (QED) is 0.891. The Bertz CT molecular complexity index is 556. The van der Waals surface area contributed by atoms with Crippen molar-refractivity contribution in [2.24, 2.45) is 5.73 Å². The summed E-state index contributed by atoms with van der Waals surface area (Å²) in [4.78, 5) is 16.9. The van der Waals surface area contributed by atoms with Gasteiger partial charge in [-0.05, 0) is 25.1 Å². The molecule has 1 saturated heterocycles. The van der Waals surface area contributed by atoms with Crippen LogP contribution in [0.4, 0.5) is 23.7 Å². The molecule has 1 heterocycles. The van der Waals surface area contributed by atoms with Crippen molar-refractivity contribution in [1.29, 1.82) is 0 Å². The van der Waals surface area contributed by atoms with Gasteiger partial charge in [-0.25, -0.2) is 4.79 Å². The topological polar surface area (TPSA) is 52.8 Å². The smallest absolute Gasteiger partial charge is 0.369 e. The molecular formula is C16H23F3N4O. The molecule has 0 unspecified atom stereocenters. The van der Waals surface area contributed by atoms with Crippen molar-refractivity contribution in [1.82, 2.24) is 9.80 Å². The number of anilines is 1. The summed E-state index contributed by atoms with van der Waals surface area (Å²) in [7, 11) is 0. The first-order valence-corrected chi connectivity index (χ1v) is 8.00. The molecular weight excluding hydrogens is 321 g/mol. The predicted molar refractivity (Wildman–Crippen MR) is 86.9 cm³/mol. The van der Waals surface area contributed by atoms with Crippen LogP contribution in [0.25, 0.3) is 0 Å². The zero-order chi connectivity index (χ0) is 17.7. The number of nitrogens with zero attached hydrogens (tertiary/aromatic N) is 3. The number of nitrogens with two attached hydrogens (primary N) is 1. The van der Waals surface area contributed by atoms with E-state index in [1.807, 2.05) is 11.8 Å². The summed E-state index contributed by atoms with van der Waals surface area (Å²) >= 11 is 0. The normalized spacial score (nSPS) is 16.2. The van der Waals surface area contributed by atoms with Gasteiger partial charge in [-0.15, -0.1) is 0 Å². The molecule has 8 heteroatoms. The van der Waals surface area contributed by atoms with Crippen LogP contribution in [0.1, 0.15) is 12.5 Å². The van der Waals surface area contributed by atoms with E-state index < -0.39 is 17.8 Å². The van der Waals surface area contributed by atoms with E-state index in [-0.39, 0.29) is 0 Å². The summed E-state index contributed by atoms with van der Waals surface area (Å²) in [5.41, 5.74) is 5.25. The number of rotatable bonds is 5. The molecule has 5 nitrogen and oxygen atoms in total. The van der Waals surface area contributed by atoms with Crippen molar-refractivity contribution in [3.8, 4) is 0 Å². The SMILES string of the molecule is CCN(CCN1CCN(c2cccc(C(F)(F)F)c2)CC1)C(N)=O. The highest BCUT2D eigenvalue weighted by atomic mass is 19.4. The third-order valence-electron chi connectivity index (χ3n) is 4.29. The third-order valence-corrected chi connectivity index (χ3v) is 4.29. The molecule has 24 heavy (non-hydrogen) atoms. The first-order chi connectivity index (χ1) is 11.3. The van der Waals surface area contributed by atoms with Gasteiger partial charge >= 0.3 is 12.2 Å². The minimum atomic E-state index is -4.32. The molecule has 1 aromatic carbocycles. The molecule has 2 N–H and O–H groups in total. The largest absolute Gasteiger partial charge is 0.416 e. The van der Waals surface area contributed by atoms with E-state index >= 15 is 0 Å². The molecule has 1 aliphatic rings. The highest BCUT2D eigenvalue weighted by Gasteiger charge is 2.31. The van der Waals surface area contributed by atoms with Crippen molar-refractivity contribution >= 4 is 11.7 Å². The van der Waals surface area contributed by atoms with Gasteiger partial charge in [-0.2, -0.15) is 13.2 Å². The fraction of sp³-hybridized carbons (Fsp3) is 0.562. The second-order valence-electron chi connectivity index (χ2n) is 5.79. The van der Waals surface area contributed by atoms with Crippen molar-refractivity contribution in [2.75, 3.05) is 50.7 Å². The lowest BCUT2D eigenvalue weighted by Gasteiger charge is -2.37. The number of hydrogen-bond acceptors (Lipinski definition) is 3. The van der Waals surface area contributed by atoms with Crippen LogP contribution < -0.4 is 10.6 Å². The Balaban J connectivity index is 1.88. The Morgan fingerprint density at radius 3 is 2.46 bits per heavy atom. The van der Waals surface area contributed by atoms with Gasteiger partial charge in [-0.3, -0.25) is 4.90 Å². The average molecular weight is 344 g/mol. The van der Waals surface area contributed by atoms with Gasteiger partial charge < -0.3 is 15.5 Å². The van der Waals surface area contributed by atoms with Crippen LogP contribution in [0.3, 0.4) is 0 Å². The summed E-state index contributed by atoms with van der Waals surface area (Å²) in [6.07, 6.45) is -4.32. The maximum Gasteiger partial charge on any atom is 0.416 e. The highest BCUT2D eigenvalue weighted by Crippen LogP contribution is 2.31. The number of halogens is 3. The zero-order valence-electron chi connectivity index (χ0n) is 13.7. The number of carbonyl (C=O) groups is 1. The van der Waals surface area contributed by atoms with Crippen LogP contribution >= 0.6 is 0 Å². The predicted octanol–water partition coefficient (Wildman–Crippen LogP) is 2.23. The van der Waals surface area contributed by atoms with Gasteiger partial charge in [0.1, 0.15) is 0 Å². The Morgan fingerprint density at radius 1 is 1.25 bits per heavy atom. The van der Waals surface area contributed by atoms with Gasteiger partial charge in [0.15, 0.2) is 0 Å². The molecule has 134 valence electrons. The molecule has 0 spiro atoms. The monoisotopic (exact) mass is 344 g/mol. The van der Waals surface area contributed by atoms with Gasteiger partial charge in [0, 0.05) is 51.5 Å². The summed E-state index contributed by atoms with van der Waals surface area (Å²) in [5, 5.41) is 0. The van der Waals surface area contributed by atoms with E-state index in [0.29, 0.717) is 38.4 Å². The maximum absolute atomic E-state index is 12.8. The molecule has 0 aromatic heterocycles. The van der Waals surface area contributed by atoms with Crippen LogP contribution in [0.15, 0.2) is 24.3 Å². The van der Waals surface area contributed by atoms with Crippen molar-refractivity contribution < 1.29 is 18.0 Å². The lowest BCUT2D eigenvalue weighted by molar-refractivity contribution is -0.137. The molecule has 1 aromatic rings. The Labute approximate surface area is 139 Å². The van der Waals surface area contributed by atoms with E-state index in [1.165, 1.54) is 12.1 Å². The van der Waals surface area contributed by atoms with E-state index in [2.05, 4.69) is 4.90 Å². The number of piperazine rings is 1. The maximum atomic E-state index is 12.8. The van der Waals surface area contributed by atoms with Crippen molar-refractivity contribution in [3.63, 3.8) is 0 Å². The zero-order valence-corrected chi connectivity index (χ0v) is 13.7. The lowest BCUT2D eigenvalue weighted by Crippen LogP contribution is -2.49. The Morgan fingerprint density at radius 2 is 1.92 bits per heavy atom. The van der Waals surface area contributed by atoms with Gasteiger partial charge in [0.05, 0.1) is 5.56 Å². The molecule has 0 bridgehead atoms. The number of carbonyl (C=O) groups excluding carboxylic acids is 1. The van der Waals surface area contributed by atoms with Gasteiger partial charge in [-0.1, -0.05) is 6.07 Å². The molecule has 2 rings (SSSR count). The number of urea groups is 1. The number of likely N-dealkylation sites (N-methyl/N-ethyl adjacent to an activating group) is 1. The number of hydrogen-bond donors (Lipinski definition) is 1. The van der Waals surface area contributed by atoms with Crippen molar-refractivity contribution in [3.05, 3.63) is 29.8 Å². The summed E-state index contributed by atoms with van der Waals surface area (Å²) in [5.74, 6) is 0. The first-order valence-electron chi connectivity index (χ1n) is 8.00. The van der Waals surface area contributed by atoms with Crippen LogP contribution in [0.5, 0.6) is 0 Å². The number of alkyl halides is 3. The molecule has 0 atom stereocenters. The van der Waals surface area contributed by atoms with Crippen LogP contribution in [0, 0.1) is 0 Å². The van der Waals surface area contributed by atoms with Crippen LogP contribution in [-0.2, 0) is 6.18 Å². The van der Waals surface area contributed by atoms with Gasteiger partial charge in [0.2, 0.25) is 0 Å². The number of primary amides is 1. The molecule has 1 aliphatic heterocycles. The molecule has 1 fully saturated rings. The molecule has 0 aliphatic carbocycles. The second-order valence-corrected chi connectivity index (χ2v) is 5.79. The van der Waals surface area contributed by atoms with E-state index in [0.717, 1.165) is 19.2 Å². The first kappa shape index (κ1) is 18.4. The minimum Gasteiger partial charge on any atom is -0.369 e. The number of amides is 2. The molecule has 2 amide bonds. The number of benzene rings is 1. The van der Waals surface area contributed by atoms with Crippen molar-refractivity contribution in [2.45, 2.75) is 13.1 Å². The standard InChI is InChI=1S/C16H23F3N4O/c1-2-22(15(20)24)9-6-21-7-10-23(11-8-21)14-5-3-4-13(12-14)16(17,18)19/h3-5,12H,2,6-11H2,1H3,(H2,20,24). The van der Waals surface area contributed by atoms with E-state index in [1.54, 1.807) is 11.0 Å². The average Bonchev–Trinajstić information content (AvgIpc) is 2.55. The molecule has 0 saturated carbocycles. The minimum absolute atomic E-state index is 0.430. The Kier molecular flexibility index (Phi) is 5.93. The Hall–Kier alpha value is -1.96. The highest BCUT2D eigenvalue weighted by molar-refractivity contribution is 5.71. The molecule has 0 radical (unpaired) electrons. The van der Waals surface area contributed by atoms with Gasteiger partial charge in [0.25, 0.3) is 0 Å². The lowest BCUT2D eigenvalue weighted by atomic mass is 10.1. The van der Waals surface area contributed by atoms with E-state index in [9.17, 15) is 18.0 Å². The summed E-state index contributed by atoms with van der Waals surface area (Å²) < 4.78 is 38.4. The summed E-state index contributed by atoms with van der Waals surface area (Å²) in [6.45, 7) is 6.52. The fourth-order valence-electron chi connectivity index (χ4n) is 2.79. The second kappa shape index (κ2) is 7.74. The van der Waals surface area contributed by atoms with Crippen LogP contribution in [0.2, 0.25) is 0 Å². The fourth-order valence-corrected chi connectivity index (χ4v) is 2.79. The van der Waals surface area contributed by atoms with E-state index in [4.69, 9.17) is 5.73 Å².